The van der Waals surface area contributed by atoms with Gasteiger partial charge in [-0.2, -0.15) is 0 Å². The number of aromatic nitrogens is 1. The van der Waals surface area contributed by atoms with E-state index in [-0.39, 0.29) is 6.04 Å². The molecular formula is C12H16N2O. The average molecular weight is 204 g/mol. The van der Waals surface area contributed by atoms with Gasteiger partial charge in [0.25, 0.3) is 0 Å². The van der Waals surface area contributed by atoms with Crippen molar-refractivity contribution in [2.75, 3.05) is 0 Å². The van der Waals surface area contributed by atoms with Gasteiger partial charge in [-0.05, 0) is 25.0 Å². The Bertz CT molecular complexity index is 448. The first-order chi connectivity index (χ1) is 7.18. The lowest BCUT2D eigenvalue weighted by Crippen LogP contribution is -2.34. The standard InChI is InChI=1S/C12H16N2O/c1-8(15)11(13)6-9-7-14-12-5-3-2-4-10(9)12/h2-5,7-8,11,14-15H,6,13H2,1H3/t8-,11?/m1/s1. The summed E-state index contributed by atoms with van der Waals surface area (Å²) in [6.45, 7) is 1.72. The molecule has 1 aromatic carbocycles. The Balaban J connectivity index is 2.29. The van der Waals surface area contributed by atoms with Crippen LogP contribution in [0.5, 0.6) is 0 Å². The van der Waals surface area contributed by atoms with Crippen LogP contribution in [0.4, 0.5) is 0 Å². The largest absolute Gasteiger partial charge is 0.392 e. The van der Waals surface area contributed by atoms with Gasteiger partial charge in [0.1, 0.15) is 0 Å². The molecule has 0 bridgehead atoms. The van der Waals surface area contributed by atoms with Crippen LogP contribution in [0.3, 0.4) is 0 Å². The van der Waals surface area contributed by atoms with Crippen LogP contribution in [-0.4, -0.2) is 22.2 Å². The Hall–Kier alpha value is -1.32. The number of hydrogen-bond acceptors (Lipinski definition) is 2. The van der Waals surface area contributed by atoms with Crippen LogP contribution in [0.1, 0.15) is 12.5 Å². The second kappa shape index (κ2) is 4.04. The summed E-state index contributed by atoms with van der Waals surface area (Å²) in [5.41, 5.74) is 8.12. The van der Waals surface area contributed by atoms with Crippen LogP contribution < -0.4 is 5.73 Å². The van der Waals surface area contributed by atoms with Crippen LogP contribution >= 0.6 is 0 Å². The minimum absolute atomic E-state index is 0.204. The molecule has 2 atom stereocenters. The zero-order valence-electron chi connectivity index (χ0n) is 8.77. The van der Waals surface area contributed by atoms with Crippen molar-refractivity contribution in [3.8, 4) is 0 Å². The molecule has 0 aliphatic heterocycles. The number of rotatable bonds is 3. The van der Waals surface area contributed by atoms with E-state index >= 15 is 0 Å². The Labute approximate surface area is 88.9 Å². The van der Waals surface area contributed by atoms with Crippen LogP contribution in [0.15, 0.2) is 30.5 Å². The number of fused-ring (bicyclic) bond motifs is 1. The number of aromatic amines is 1. The molecule has 0 fully saturated rings. The maximum absolute atomic E-state index is 9.36. The Morgan fingerprint density at radius 3 is 2.87 bits per heavy atom. The fourth-order valence-electron chi connectivity index (χ4n) is 1.72. The Morgan fingerprint density at radius 2 is 2.13 bits per heavy atom. The molecule has 0 radical (unpaired) electrons. The molecular weight excluding hydrogens is 188 g/mol. The summed E-state index contributed by atoms with van der Waals surface area (Å²) in [5, 5.41) is 10.5. The molecule has 80 valence electrons. The minimum Gasteiger partial charge on any atom is -0.392 e. The highest BCUT2D eigenvalue weighted by Crippen LogP contribution is 2.19. The number of hydrogen-bond donors (Lipinski definition) is 3. The molecule has 1 heterocycles. The molecule has 0 amide bonds. The summed E-state index contributed by atoms with van der Waals surface area (Å²) in [6, 6.07) is 7.90. The highest BCUT2D eigenvalue weighted by molar-refractivity contribution is 5.83. The Morgan fingerprint density at radius 1 is 1.40 bits per heavy atom. The molecule has 0 saturated carbocycles. The first-order valence-electron chi connectivity index (χ1n) is 5.17. The fourth-order valence-corrected chi connectivity index (χ4v) is 1.72. The van der Waals surface area contributed by atoms with Crippen molar-refractivity contribution in [3.63, 3.8) is 0 Å². The quantitative estimate of drug-likeness (QED) is 0.708. The van der Waals surface area contributed by atoms with Crippen LogP contribution in [-0.2, 0) is 6.42 Å². The molecule has 4 N–H and O–H groups in total. The van der Waals surface area contributed by atoms with E-state index in [0.717, 1.165) is 5.52 Å². The molecule has 3 heteroatoms. The number of nitrogens with two attached hydrogens (primary N) is 1. The molecule has 2 rings (SSSR count). The third-order valence-electron chi connectivity index (χ3n) is 2.75. The van der Waals surface area contributed by atoms with Crippen molar-refractivity contribution in [1.29, 1.82) is 0 Å². The first-order valence-corrected chi connectivity index (χ1v) is 5.17. The summed E-state index contributed by atoms with van der Waals surface area (Å²) in [7, 11) is 0. The van der Waals surface area contributed by atoms with Gasteiger partial charge in [-0.15, -0.1) is 0 Å². The third kappa shape index (κ3) is 2.03. The number of para-hydroxylation sites is 1. The summed E-state index contributed by atoms with van der Waals surface area (Å²) < 4.78 is 0. The molecule has 0 spiro atoms. The van der Waals surface area contributed by atoms with E-state index in [9.17, 15) is 5.11 Å². The molecule has 1 aromatic heterocycles. The van der Waals surface area contributed by atoms with E-state index in [2.05, 4.69) is 11.1 Å². The van der Waals surface area contributed by atoms with Gasteiger partial charge in [0.2, 0.25) is 0 Å². The topological polar surface area (TPSA) is 62.0 Å². The van der Waals surface area contributed by atoms with Crippen molar-refractivity contribution in [2.45, 2.75) is 25.5 Å². The zero-order chi connectivity index (χ0) is 10.8. The molecule has 1 unspecified atom stereocenters. The molecule has 0 aliphatic carbocycles. The maximum atomic E-state index is 9.36. The first kappa shape index (κ1) is 10.2. The lowest BCUT2D eigenvalue weighted by molar-refractivity contribution is 0.163. The van der Waals surface area contributed by atoms with E-state index in [0.29, 0.717) is 6.42 Å². The summed E-state index contributed by atoms with van der Waals surface area (Å²) in [6.07, 6.45) is 2.19. The summed E-state index contributed by atoms with van der Waals surface area (Å²) in [4.78, 5) is 3.20. The second-order valence-electron chi connectivity index (χ2n) is 3.97. The zero-order valence-corrected chi connectivity index (χ0v) is 8.77. The SMILES string of the molecule is C[C@@H](O)C(N)Cc1c[nH]c2ccccc12. The normalized spacial score (nSPS) is 15.4. The molecule has 3 nitrogen and oxygen atoms in total. The van der Waals surface area contributed by atoms with Crippen molar-refractivity contribution in [3.05, 3.63) is 36.0 Å². The smallest absolute Gasteiger partial charge is 0.0666 e. The average Bonchev–Trinajstić information content (AvgIpc) is 2.62. The maximum Gasteiger partial charge on any atom is 0.0666 e. The van der Waals surface area contributed by atoms with Crippen molar-refractivity contribution in [2.24, 2.45) is 5.73 Å². The lowest BCUT2D eigenvalue weighted by Gasteiger charge is -2.13. The van der Waals surface area contributed by atoms with Gasteiger partial charge in [-0.3, -0.25) is 0 Å². The number of aliphatic hydroxyl groups is 1. The summed E-state index contributed by atoms with van der Waals surface area (Å²) >= 11 is 0. The monoisotopic (exact) mass is 204 g/mol. The molecule has 15 heavy (non-hydrogen) atoms. The van der Waals surface area contributed by atoms with Gasteiger partial charge in [0, 0.05) is 23.1 Å². The van der Waals surface area contributed by atoms with Crippen molar-refractivity contribution < 1.29 is 5.11 Å². The molecule has 2 aromatic rings. The number of H-pyrrole nitrogens is 1. The summed E-state index contributed by atoms with van der Waals surface area (Å²) in [5.74, 6) is 0. The number of nitrogens with one attached hydrogen (secondary N) is 1. The number of benzene rings is 1. The Kier molecular flexibility index (Phi) is 2.75. The van der Waals surface area contributed by atoms with Crippen LogP contribution in [0.25, 0.3) is 10.9 Å². The lowest BCUT2D eigenvalue weighted by atomic mass is 10.0. The van der Waals surface area contributed by atoms with E-state index in [1.165, 1.54) is 10.9 Å². The second-order valence-corrected chi connectivity index (χ2v) is 3.97. The molecule has 0 saturated heterocycles. The van der Waals surface area contributed by atoms with E-state index in [4.69, 9.17) is 5.73 Å². The van der Waals surface area contributed by atoms with Gasteiger partial charge in [-0.1, -0.05) is 18.2 Å². The predicted octanol–water partition coefficient (Wildman–Crippen LogP) is 1.42. The van der Waals surface area contributed by atoms with E-state index in [1.54, 1.807) is 6.92 Å². The van der Waals surface area contributed by atoms with Crippen molar-refractivity contribution in [1.82, 2.24) is 4.98 Å². The van der Waals surface area contributed by atoms with E-state index < -0.39 is 6.10 Å². The highest BCUT2D eigenvalue weighted by Gasteiger charge is 2.12. The predicted molar refractivity (Wildman–Crippen MR) is 61.7 cm³/mol. The van der Waals surface area contributed by atoms with Crippen LogP contribution in [0, 0.1) is 0 Å². The van der Waals surface area contributed by atoms with Crippen LogP contribution in [0.2, 0.25) is 0 Å². The van der Waals surface area contributed by atoms with E-state index in [1.807, 2.05) is 24.4 Å². The van der Waals surface area contributed by atoms with Gasteiger partial charge in [0.15, 0.2) is 0 Å². The third-order valence-corrected chi connectivity index (χ3v) is 2.75. The fraction of sp³-hybridized carbons (Fsp3) is 0.333. The van der Waals surface area contributed by atoms with Gasteiger partial charge in [0.05, 0.1) is 6.10 Å². The van der Waals surface area contributed by atoms with Gasteiger partial charge in [-0.25, -0.2) is 0 Å². The van der Waals surface area contributed by atoms with Gasteiger partial charge < -0.3 is 15.8 Å². The van der Waals surface area contributed by atoms with Crippen molar-refractivity contribution >= 4 is 10.9 Å². The highest BCUT2D eigenvalue weighted by atomic mass is 16.3. The molecule has 0 aliphatic rings. The number of aliphatic hydroxyl groups excluding tert-OH is 1. The minimum atomic E-state index is -0.473. The van der Waals surface area contributed by atoms with Gasteiger partial charge >= 0.3 is 0 Å².